The third-order valence-electron chi connectivity index (χ3n) is 3.63. The molecule has 1 saturated carbocycles. The zero-order valence-corrected chi connectivity index (χ0v) is 13.0. The molecule has 2 unspecified atom stereocenters. The third kappa shape index (κ3) is 4.18. The highest BCUT2D eigenvalue weighted by atomic mass is 32.2. The van der Waals surface area contributed by atoms with Crippen LogP contribution in [-0.2, 0) is 10.1 Å². The Bertz CT molecular complexity index is 330. The summed E-state index contributed by atoms with van der Waals surface area (Å²) in [6.45, 7) is 8.96. The second-order valence-electron chi connectivity index (χ2n) is 5.59. The van der Waals surface area contributed by atoms with Crippen LogP contribution < -0.4 is 0 Å². The summed E-state index contributed by atoms with van der Waals surface area (Å²) in [4.78, 5) is 0. The highest BCUT2D eigenvalue weighted by Crippen LogP contribution is 2.55. The number of hydrogen-bond donors (Lipinski definition) is 1. The molecule has 1 fully saturated rings. The van der Waals surface area contributed by atoms with Gasteiger partial charge >= 0.3 is 0 Å². The summed E-state index contributed by atoms with van der Waals surface area (Å²) in [5, 5.41) is -0.510. The van der Waals surface area contributed by atoms with Gasteiger partial charge in [0.25, 0.3) is 10.1 Å². The monoisotopic (exact) mass is 280 g/mol. The quantitative estimate of drug-likeness (QED) is 0.633. The Labute approximate surface area is 107 Å². The van der Waals surface area contributed by atoms with Crippen molar-refractivity contribution in [1.29, 1.82) is 0 Å². The minimum Gasteiger partial charge on any atom is -0.285 e. The maximum atomic E-state index is 11.3. The van der Waals surface area contributed by atoms with E-state index in [4.69, 9.17) is 0 Å². The first-order valence-electron chi connectivity index (χ1n) is 6.47. The molecular formula is C12H25O3PS. The molecule has 0 saturated heterocycles. The normalized spacial score (nSPS) is 27.1. The molecule has 5 heteroatoms. The summed E-state index contributed by atoms with van der Waals surface area (Å²) in [6, 6.07) is 0. The first-order chi connectivity index (χ1) is 7.73. The Kier molecular flexibility index (Phi) is 5.42. The summed E-state index contributed by atoms with van der Waals surface area (Å²) in [6.07, 6.45) is 3.37. The van der Waals surface area contributed by atoms with Gasteiger partial charge in [0, 0.05) is 0 Å². The molecule has 3 nitrogen and oxygen atoms in total. The van der Waals surface area contributed by atoms with Crippen LogP contribution in [-0.4, -0.2) is 35.2 Å². The van der Waals surface area contributed by atoms with Gasteiger partial charge < -0.3 is 0 Å². The van der Waals surface area contributed by atoms with E-state index in [2.05, 4.69) is 27.7 Å². The van der Waals surface area contributed by atoms with Crippen LogP contribution in [0.1, 0.15) is 53.4 Å². The fourth-order valence-electron chi connectivity index (χ4n) is 3.10. The standard InChI is InChI=1S/C12H25O3PS/c1-9(2)16(10(3)4)11-6-5-7-12(8-11)17(13,14)15/h9-12H,5-8H2,1-4H3,(H,13,14,15). The lowest BCUT2D eigenvalue weighted by Gasteiger charge is -2.38. The molecule has 0 spiro atoms. The molecule has 102 valence electrons. The Balaban J connectivity index is 2.78. The van der Waals surface area contributed by atoms with E-state index in [-0.39, 0.29) is 7.92 Å². The predicted molar refractivity (Wildman–Crippen MR) is 74.8 cm³/mol. The average molecular weight is 280 g/mol. The Morgan fingerprint density at radius 1 is 1.12 bits per heavy atom. The van der Waals surface area contributed by atoms with Crippen LogP contribution in [0, 0.1) is 0 Å². The fraction of sp³-hybridized carbons (Fsp3) is 1.00. The molecule has 0 aromatic heterocycles. The van der Waals surface area contributed by atoms with Crippen LogP contribution in [0.3, 0.4) is 0 Å². The van der Waals surface area contributed by atoms with Gasteiger partial charge in [-0.25, -0.2) is 0 Å². The highest BCUT2D eigenvalue weighted by Gasteiger charge is 2.35. The van der Waals surface area contributed by atoms with Crippen molar-refractivity contribution in [3.05, 3.63) is 0 Å². The van der Waals surface area contributed by atoms with Crippen molar-refractivity contribution in [3.8, 4) is 0 Å². The molecule has 0 heterocycles. The lowest BCUT2D eigenvalue weighted by atomic mass is 10.00. The van der Waals surface area contributed by atoms with Gasteiger partial charge in [-0.2, -0.15) is 8.42 Å². The number of rotatable bonds is 4. The van der Waals surface area contributed by atoms with E-state index in [0.717, 1.165) is 12.8 Å². The summed E-state index contributed by atoms with van der Waals surface area (Å²) < 4.78 is 31.7. The van der Waals surface area contributed by atoms with E-state index in [9.17, 15) is 13.0 Å². The van der Waals surface area contributed by atoms with Crippen LogP contribution in [0.25, 0.3) is 0 Å². The molecule has 0 bridgehead atoms. The Hall–Kier alpha value is 0.340. The third-order valence-corrected chi connectivity index (χ3v) is 8.60. The van der Waals surface area contributed by atoms with Gasteiger partial charge in [-0.05, 0) is 36.2 Å². The second kappa shape index (κ2) is 5.99. The zero-order valence-electron chi connectivity index (χ0n) is 11.3. The number of hydrogen-bond acceptors (Lipinski definition) is 2. The summed E-state index contributed by atoms with van der Waals surface area (Å²) in [5.74, 6) is 0. The molecule has 17 heavy (non-hydrogen) atoms. The molecule has 0 aromatic carbocycles. The Morgan fingerprint density at radius 3 is 2.06 bits per heavy atom. The van der Waals surface area contributed by atoms with Crippen molar-refractivity contribution in [1.82, 2.24) is 0 Å². The molecule has 0 aliphatic heterocycles. The lowest BCUT2D eigenvalue weighted by molar-refractivity contribution is 0.427. The predicted octanol–water partition coefficient (Wildman–Crippen LogP) is 3.48. The van der Waals surface area contributed by atoms with Crippen molar-refractivity contribution in [2.75, 3.05) is 0 Å². The lowest BCUT2D eigenvalue weighted by Crippen LogP contribution is -2.31. The van der Waals surface area contributed by atoms with E-state index < -0.39 is 15.4 Å². The van der Waals surface area contributed by atoms with Gasteiger partial charge in [-0.15, -0.1) is 0 Å². The van der Waals surface area contributed by atoms with E-state index >= 15 is 0 Å². The van der Waals surface area contributed by atoms with Crippen molar-refractivity contribution < 1.29 is 13.0 Å². The minimum atomic E-state index is -3.83. The molecule has 1 aliphatic rings. The largest absolute Gasteiger partial charge is 0.285 e. The van der Waals surface area contributed by atoms with Crippen molar-refractivity contribution in [2.24, 2.45) is 0 Å². The first kappa shape index (κ1) is 15.4. The molecule has 1 aliphatic carbocycles. The molecule has 1 N–H and O–H groups in total. The fourth-order valence-corrected chi connectivity index (χ4v) is 8.04. The molecular weight excluding hydrogens is 255 g/mol. The van der Waals surface area contributed by atoms with Gasteiger partial charge in [0.05, 0.1) is 5.25 Å². The van der Waals surface area contributed by atoms with Crippen molar-refractivity contribution in [2.45, 2.75) is 75.6 Å². The molecule has 0 amide bonds. The van der Waals surface area contributed by atoms with Crippen molar-refractivity contribution >= 4 is 18.0 Å². The van der Waals surface area contributed by atoms with Crippen LogP contribution in [0.5, 0.6) is 0 Å². The van der Waals surface area contributed by atoms with Gasteiger partial charge in [0.1, 0.15) is 0 Å². The van der Waals surface area contributed by atoms with E-state index in [1.54, 1.807) is 0 Å². The maximum absolute atomic E-state index is 11.3. The second-order valence-corrected chi connectivity index (χ2v) is 11.0. The molecule has 0 radical (unpaired) electrons. The van der Waals surface area contributed by atoms with Crippen LogP contribution >= 0.6 is 7.92 Å². The summed E-state index contributed by atoms with van der Waals surface area (Å²) in [5.41, 5.74) is 1.77. The van der Waals surface area contributed by atoms with Gasteiger partial charge in [0.2, 0.25) is 0 Å². The maximum Gasteiger partial charge on any atom is 0.267 e. The first-order valence-corrected chi connectivity index (χ1v) is 9.52. The van der Waals surface area contributed by atoms with Gasteiger partial charge in [-0.3, -0.25) is 4.55 Å². The van der Waals surface area contributed by atoms with E-state index in [1.165, 1.54) is 0 Å². The van der Waals surface area contributed by atoms with Gasteiger partial charge in [-0.1, -0.05) is 42.0 Å². The highest BCUT2D eigenvalue weighted by molar-refractivity contribution is 7.86. The topological polar surface area (TPSA) is 54.4 Å². The summed E-state index contributed by atoms with van der Waals surface area (Å²) >= 11 is 0. The SMILES string of the molecule is CC(C)P(C(C)C)C1CCCC(S(=O)(=O)O)C1. The van der Waals surface area contributed by atoms with E-state index in [0.29, 0.717) is 29.8 Å². The Morgan fingerprint density at radius 2 is 1.65 bits per heavy atom. The zero-order chi connectivity index (χ0) is 13.2. The van der Waals surface area contributed by atoms with Crippen molar-refractivity contribution in [3.63, 3.8) is 0 Å². The molecule has 1 rings (SSSR count). The van der Waals surface area contributed by atoms with Crippen LogP contribution in [0.4, 0.5) is 0 Å². The van der Waals surface area contributed by atoms with Crippen LogP contribution in [0.2, 0.25) is 0 Å². The van der Waals surface area contributed by atoms with Gasteiger partial charge in [0.15, 0.2) is 0 Å². The van der Waals surface area contributed by atoms with Crippen LogP contribution in [0.15, 0.2) is 0 Å². The smallest absolute Gasteiger partial charge is 0.267 e. The average Bonchev–Trinajstić information content (AvgIpc) is 2.15. The minimum absolute atomic E-state index is 0.146. The molecule has 0 aromatic rings. The van der Waals surface area contributed by atoms with E-state index in [1.807, 2.05) is 0 Å². The summed E-state index contributed by atoms with van der Waals surface area (Å²) in [7, 11) is -3.98. The molecule has 2 atom stereocenters.